The Bertz CT molecular complexity index is 463. The van der Waals surface area contributed by atoms with Gasteiger partial charge in [-0.25, -0.2) is 4.79 Å². The Kier molecular flexibility index (Phi) is 5.27. The summed E-state index contributed by atoms with van der Waals surface area (Å²) < 4.78 is 10.5. The van der Waals surface area contributed by atoms with Gasteiger partial charge in [-0.1, -0.05) is 45.3 Å². The number of hydrogen-bond acceptors (Lipinski definition) is 3. The van der Waals surface area contributed by atoms with Crippen LogP contribution in [0.2, 0.25) is 0 Å². The molecule has 21 heavy (non-hydrogen) atoms. The fourth-order valence-electron chi connectivity index (χ4n) is 3.14. The zero-order valence-electron chi connectivity index (χ0n) is 13.5. The maximum absolute atomic E-state index is 11.2. The molecule has 3 unspecified atom stereocenters. The number of cyclic esters (lactones) is 1. The van der Waals surface area contributed by atoms with E-state index in [0.29, 0.717) is 11.5 Å². The van der Waals surface area contributed by atoms with E-state index >= 15 is 0 Å². The van der Waals surface area contributed by atoms with Gasteiger partial charge in [-0.05, 0) is 37.2 Å². The van der Waals surface area contributed by atoms with Crippen molar-refractivity contribution in [1.82, 2.24) is 0 Å². The summed E-state index contributed by atoms with van der Waals surface area (Å²) in [5.74, 6) is 1.85. The van der Waals surface area contributed by atoms with Gasteiger partial charge in [-0.15, -0.1) is 0 Å². The lowest BCUT2D eigenvalue weighted by Crippen LogP contribution is -2.22. The summed E-state index contributed by atoms with van der Waals surface area (Å²) in [7, 11) is 0. The molecule has 0 aromatic heterocycles. The minimum absolute atomic E-state index is 0.300. The maximum Gasteiger partial charge on any atom is 0.336 e. The van der Waals surface area contributed by atoms with E-state index in [0.717, 1.165) is 17.4 Å². The molecule has 3 atom stereocenters. The van der Waals surface area contributed by atoms with Crippen molar-refractivity contribution in [3.05, 3.63) is 35.6 Å². The fourth-order valence-corrected chi connectivity index (χ4v) is 3.14. The lowest BCUT2D eigenvalue weighted by molar-refractivity contribution is -0.152. The van der Waals surface area contributed by atoms with Gasteiger partial charge in [0.2, 0.25) is 0 Å². The first-order valence-corrected chi connectivity index (χ1v) is 7.87. The Balaban J connectivity index is 1.88. The van der Waals surface area contributed by atoms with Crippen molar-refractivity contribution in [2.75, 3.05) is 0 Å². The number of carbonyl (C=O) groups excluding carboxylic acids is 1. The van der Waals surface area contributed by atoms with Gasteiger partial charge in [-0.3, -0.25) is 0 Å². The summed E-state index contributed by atoms with van der Waals surface area (Å²) in [4.78, 5) is 11.2. The van der Waals surface area contributed by atoms with Crippen LogP contribution in [0, 0.1) is 17.8 Å². The molecule has 0 aromatic rings. The molecule has 1 heterocycles. The molecule has 0 aromatic carbocycles. The van der Waals surface area contributed by atoms with E-state index < -0.39 is 6.29 Å². The Morgan fingerprint density at radius 3 is 2.57 bits per heavy atom. The van der Waals surface area contributed by atoms with E-state index in [9.17, 15) is 4.79 Å². The average Bonchev–Trinajstić information content (AvgIpc) is 2.75. The zero-order chi connectivity index (χ0) is 15.4. The molecule has 1 saturated carbocycles. The molecule has 0 saturated heterocycles. The van der Waals surface area contributed by atoms with Crippen LogP contribution < -0.4 is 0 Å². The van der Waals surface area contributed by atoms with Gasteiger partial charge in [0.1, 0.15) is 0 Å². The lowest BCUT2D eigenvalue weighted by atomic mass is 9.73. The molecule has 3 nitrogen and oxygen atoms in total. The summed E-state index contributed by atoms with van der Waals surface area (Å²) in [6.45, 7) is 8.41. The predicted octanol–water partition coefficient (Wildman–Crippen LogP) is 4.36. The number of allylic oxidation sites excluding steroid dienone is 3. The largest absolute Gasteiger partial charge is 0.458 e. The molecule has 2 aliphatic rings. The quantitative estimate of drug-likeness (QED) is 0.438. The molecular weight excluding hydrogens is 264 g/mol. The van der Waals surface area contributed by atoms with Crippen LogP contribution in [0.25, 0.3) is 0 Å². The van der Waals surface area contributed by atoms with Crippen molar-refractivity contribution in [3.8, 4) is 0 Å². The summed E-state index contributed by atoms with van der Waals surface area (Å²) in [6.07, 6.45) is 11.2. The van der Waals surface area contributed by atoms with Gasteiger partial charge in [0.25, 0.3) is 6.29 Å². The third-order valence-corrected chi connectivity index (χ3v) is 4.53. The van der Waals surface area contributed by atoms with Gasteiger partial charge >= 0.3 is 5.97 Å². The van der Waals surface area contributed by atoms with E-state index in [1.54, 1.807) is 19.3 Å². The third-order valence-electron chi connectivity index (χ3n) is 4.53. The van der Waals surface area contributed by atoms with Crippen LogP contribution in [-0.2, 0) is 14.3 Å². The Hall–Kier alpha value is -1.51. The molecule has 1 aliphatic carbocycles. The molecule has 3 heteroatoms. The van der Waals surface area contributed by atoms with E-state index in [-0.39, 0.29) is 5.97 Å². The second-order valence-electron chi connectivity index (χ2n) is 6.44. The highest BCUT2D eigenvalue weighted by molar-refractivity contribution is 5.89. The molecule has 116 valence electrons. The predicted molar refractivity (Wildman–Crippen MR) is 83.3 cm³/mol. The highest BCUT2D eigenvalue weighted by atomic mass is 16.7. The second-order valence-corrected chi connectivity index (χ2v) is 6.44. The summed E-state index contributed by atoms with van der Waals surface area (Å²) in [5, 5.41) is 0. The van der Waals surface area contributed by atoms with Crippen molar-refractivity contribution in [3.63, 3.8) is 0 Å². The van der Waals surface area contributed by atoms with Crippen LogP contribution in [0.5, 0.6) is 0 Å². The van der Waals surface area contributed by atoms with Crippen molar-refractivity contribution in [2.45, 2.75) is 53.2 Å². The van der Waals surface area contributed by atoms with Crippen LogP contribution in [0.15, 0.2) is 35.6 Å². The van der Waals surface area contributed by atoms with Crippen LogP contribution in [0.1, 0.15) is 47.0 Å². The van der Waals surface area contributed by atoms with Crippen LogP contribution in [0.4, 0.5) is 0 Å². The monoisotopic (exact) mass is 290 g/mol. The molecule has 1 fully saturated rings. The highest BCUT2D eigenvalue weighted by Crippen LogP contribution is 2.35. The van der Waals surface area contributed by atoms with Crippen molar-refractivity contribution >= 4 is 5.97 Å². The maximum atomic E-state index is 11.2. The second kappa shape index (κ2) is 6.97. The number of carbonyl (C=O) groups is 1. The zero-order valence-corrected chi connectivity index (χ0v) is 13.5. The third kappa shape index (κ3) is 4.23. The first-order valence-electron chi connectivity index (χ1n) is 7.87. The van der Waals surface area contributed by atoms with Crippen molar-refractivity contribution in [1.29, 1.82) is 0 Å². The molecule has 0 N–H and O–H groups in total. The van der Waals surface area contributed by atoms with Gasteiger partial charge in [0.05, 0.1) is 6.26 Å². The number of ether oxygens (including phenoxy) is 2. The fraction of sp³-hybridized carbons (Fsp3) is 0.611. The van der Waals surface area contributed by atoms with E-state index in [2.05, 4.69) is 26.0 Å². The van der Waals surface area contributed by atoms with Crippen molar-refractivity contribution in [2.24, 2.45) is 17.8 Å². The molecule has 0 radical (unpaired) electrons. The first-order chi connectivity index (χ1) is 9.97. The van der Waals surface area contributed by atoms with Crippen molar-refractivity contribution < 1.29 is 14.3 Å². The highest BCUT2D eigenvalue weighted by Gasteiger charge is 2.25. The van der Waals surface area contributed by atoms with E-state index in [4.69, 9.17) is 9.47 Å². The smallest absolute Gasteiger partial charge is 0.336 e. The van der Waals surface area contributed by atoms with Gasteiger partial charge in [0.15, 0.2) is 0 Å². The standard InChI is InChI=1S/C18H26O3/c1-12(11-20-17-10-15(4)18(19)21-17)8-9-16-13(2)6-5-7-14(16)3/h8-11,13-14,16-17H,5-7H2,1-4H3/b9-8+,12-11-. The van der Waals surface area contributed by atoms with Gasteiger partial charge in [0, 0.05) is 11.6 Å². The number of hydrogen-bond donors (Lipinski definition) is 0. The molecule has 0 spiro atoms. The Morgan fingerprint density at radius 1 is 1.33 bits per heavy atom. The SMILES string of the molecule is CC1=CC(O/C=C(C)\C=C\C2C(C)CCCC2C)OC1=O. The van der Waals surface area contributed by atoms with E-state index in [1.807, 2.05) is 6.92 Å². The minimum atomic E-state index is -0.576. The average molecular weight is 290 g/mol. The molecule has 2 rings (SSSR count). The van der Waals surface area contributed by atoms with Gasteiger partial charge < -0.3 is 9.47 Å². The molecular formula is C18H26O3. The first kappa shape index (κ1) is 15.9. The van der Waals surface area contributed by atoms with Gasteiger partial charge in [-0.2, -0.15) is 0 Å². The summed E-state index contributed by atoms with van der Waals surface area (Å²) in [5.41, 5.74) is 1.64. The molecule has 1 aliphatic heterocycles. The lowest BCUT2D eigenvalue weighted by Gasteiger charge is -2.32. The Morgan fingerprint density at radius 2 is 2.00 bits per heavy atom. The molecule has 0 bridgehead atoms. The minimum Gasteiger partial charge on any atom is -0.458 e. The summed E-state index contributed by atoms with van der Waals surface area (Å²) in [6, 6.07) is 0. The van der Waals surface area contributed by atoms with Crippen LogP contribution >= 0.6 is 0 Å². The molecule has 0 amide bonds. The normalized spacial score (nSPS) is 34.0. The number of esters is 1. The van der Waals surface area contributed by atoms with E-state index in [1.165, 1.54) is 19.3 Å². The number of rotatable bonds is 4. The van der Waals surface area contributed by atoms with Crippen LogP contribution in [-0.4, -0.2) is 12.3 Å². The Labute approximate surface area is 127 Å². The van der Waals surface area contributed by atoms with Crippen LogP contribution in [0.3, 0.4) is 0 Å². The topological polar surface area (TPSA) is 35.5 Å². The summed E-state index contributed by atoms with van der Waals surface area (Å²) >= 11 is 0.